The maximum absolute atomic E-state index is 12.9. The predicted octanol–water partition coefficient (Wildman–Crippen LogP) is 2.76. The summed E-state index contributed by atoms with van der Waals surface area (Å²) in [4.78, 5) is 11.7. The third-order valence-electron chi connectivity index (χ3n) is 2.27. The first-order chi connectivity index (χ1) is 7.95. The summed E-state index contributed by atoms with van der Waals surface area (Å²) >= 11 is 5.57. The zero-order valence-electron chi connectivity index (χ0n) is 9.50. The number of carbonyl (C=O) groups excluding carboxylic acids is 1. The van der Waals surface area contributed by atoms with Gasteiger partial charge in [-0.3, -0.25) is 4.79 Å². The number of amides is 1. The van der Waals surface area contributed by atoms with Crippen molar-refractivity contribution in [2.24, 2.45) is 5.92 Å². The van der Waals surface area contributed by atoms with Crippen molar-refractivity contribution in [1.82, 2.24) is 5.32 Å². The van der Waals surface area contributed by atoms with E-state index in [4.69, 9.17) is 16.9 Å². The molecular formula is C12H12ClFN2O. The van der Waals surface area contributed by atoms with Crippen LogP contribution in [0.1, 0.15) is 24.2 Å². The zero-order valence-corrected chi connectivity index (χ0v) is 10.3. The third-order valence-corrected chi connectivity index (χ3v) is 2.56. The molecule has 0 spiro atoms. The van der Waals surface area contributed by atoms with Crippen LogP contribution in [-0.2, 0) is 0 Å². The van der Waals surface area contributed by atoms with Gasteiger partial charge in [0.15, 0.2) is 0 Å². The van der Waals surface area contributed by atoms with Gasteiger partial charge in [-0.1, -0.05) is 25.4 Å². The van der Waals surface area contributed by atoms with Crippen molar-refractivity contribution in [1.29, 1.82) is 5.26 Å². The fourth-order valence-electron chi connectivity index (χ4n) is 1.21. The molecule has 0 radical (unpaired) electrons. The summed E-state index contributed by atoms with van der Waals surface area (Å²) in [6.07, 6.45) is 0. The molecule has 17 heavy (non-hydrogen) atoms. The molecule has 0 bridgehead atoms. The number of nitrogens with zero attached hydrogens (tertiary/aromatic N) is 1. The van der Waals surface area contributed by atoms with Crippen LogP contribution < -0.4 is 5.32 Å². The van der Waals surface area contributed by atoms with E-state index in [-0.39, 0.29) is 16.5 Å². The van der Waals surface area contributed by atoms with Gasteiger partial charge in [0, 0.05) is 5.56 Å². The largest absolute Gasteiger partial charge is 0.336 e. The average molecular weight is 255 g/mol. The minimum absolute atomic E-state index is 0.000120. The normalized spacial score (nSPS) is 12.0. The highest BCUT2D eigenvalue weighted by Crippen LogP contribution is 2.16. The van der Waals surface area contributed by atoms with E-state index in [2.05, 4.69) is 5.32 Å². The minimum atomic E-state index is -0.580. The quantitative estimate of drug-likeness (QED) is 0.902. The Morgan fingerprint density at radius 3 is 2.65 bits per heavy atom. The lowest BCUT2D eigenvalue weighted by molar-refractivity contribution is 0.0937. The number of nitrogens with one attached hydrogen (secondary N) is 1. The van der Waals surface area contributed by atoms with Gasteiger partial charge in [0.1, 0.15) is 11.9 Å². The van der Waals surface area contributed by atoms with Gasteiger partial charge in [0.25, 0.3) is 5.91 Å². The lowest BCUT2D eigenvalue weighted by Crippen LogP contribution is -2.37. The summed E-state index contributed by atoms with van der Waals surface area (Å²) in [5.41, 5.74) is 0.234. The SMILES string of the molecule is CC(C)C(C#N)NC(=O)c1ccc(F)c(Cl)c1. The summed E-state index contributed by atoms with van der Waals surface area (Å²) in [6.45, 7) is 3.65. The molecule has 1 aromatic carbocycles. The summed E-state index contributed by atoms with van der Waals surface area (Å²) in [5, 5.41) is 11.3. The van der Waals surface area contributed by atoms with Gasteiger partial charge >= 0.3 is 0 Å². The Labute approximate surface area is 104 Å². The number of hydrogen-bond donors (Lipinski definition) is 1. The highest BCUT2D eigenvalue weighted by atomic mass is 35.5. The second kappa shape index (κ2) is 5.65. The molecule has 5 heteroatoms. The molecule has 0 heterocycles. The number of hydrogen-bond acceptors (Lipinski definition) is 2. The molecule has 1 unspecified atom stereocenters. The van der Waals surface area contributed by atoms with Crippen LogP contribution in [0.3, 0.4) is 0 Å². The van der Waals surface area contributed by atoms with Crippen molar-refractivity contribution in [3.8, 4) is 6.07 Å². The monoisotopic (exact) mass is 254 g/mol. The number of nitriles is 1. The van der Waals surface area contributed by atoms with Crippen LogP contribution in [0.5, 0.6) is 0 Å². The van der Waals surface area contributed by atoms with Gasteiger partial charge in [-0.2, -0.15) is 5.26 Å². The molecule has 3 nitrogen and oxygen atoms in total. The first kappa shape index (κ1) is 13.5. The average Bonchev–Trinajstić information content (AvgIpc) is 2.28. The van der Waals surface area contributed by atoms with E-state index in [0.29, 0.717) is 0 Å². The van der Waals surface area contributed by atoms with Crippen molar-refractivity contribution in [3.05, 3.63) is 34.6 Å². The van der Waals surface area contributed by atoms with E-state index in [9.17, 15) is 9.18 Å². The highest BCUT2D eigenvalue weighted by molar-refractivity contribution is 6.31. The molecule has 1 N–H and O–H groups in total. The molecule has 0 fully saturated rings. The van der Waals surface area contributed by atoms with E-state index in [0.717, 1.165) is 6.07 Å². The van der Waals surface area contributed by atoms with Crippen molar-refractivity contribution < 1.29 is 9.18 Å². The smallest absolute Gasteiger partial charge is 0.252 e. The number of rotatable bonds is 3. The highest BCUT2D eigenvalue weighted by Gasteiger charge is 2.16. The van der Waals surface area contributed by atoms with Gasteiger partial charge in [-0.15, -0.1) is 0 Å². The molecule has 1 rings (SSSR count). The van der Waals surface area contributed by atoms with Crippen molar-refractivity contribution >= 4 is 17.5 Å². The van der Waals surface area contributed by atoms with E-state index < -0.39 is 17.8 Å². The molecule has 1 amide bonds. The zero-order chi connectivity index (χ0) is 13.0. The molecule has 1 atom stereocenters. The minimum Gasteiger partial charge on any atom is -0.336 e. The fourth-order valence-corrected chi connectivity index (χ4v) is 1.39. The number of benzene rings is 1. The number of halogens is 2. The van der Waals surface area contributed by atoms with Crippen LogP contribution >= 0.6 is 11.6 Å². The fraction of sp³-hybridized carbons (Fsp3) is 0.333. The molecule has 90 valence electrons. The second-order valence-electron chi connectivity index (χ2n) is 3.95. The van der Waals surface area contributed by atoms with Crippen LogP contribution in [0.15, 0.2) is 18.2 Å². The van der Waals surface area contributed by atoms with Gasteiger partial charge in [0.2, 0.25) is 0 Å². The Bertz CT molecular complexity index is 468. The van der Waals surface area contributed by atoms with Crippen LogP contribution in [0.25, 0.3) is 0 Å². The molecule has 1 aromatic rings. The molecule has 0 aliphatic carbocycles. The summed E-state index contributed by atoms with van der Waals surface area (Å²) in [6, 6.07) is 5.09. The van der Waals surface area contributed by atoms with E-state index in [1.165, 1.54) is 12.1 Å². The van der Waals surface area contributed by atoms with Gasteiger partial charge in [0.05, 0.1) is 11.1 Å². The lowest BCUT2D eigenvalue weighted by Gasteiger charge is -2.14. The maximum atomic E-state index is 12.9. The van der Waals surface area contributed by atoms with Gasteiger partial charge in [-0.05, 0) is 24.1 Å². The van der Waals surface area contributed by atoms with E-state index >= 15 is 0 Å². The molecule has 0 aromatic heterocycles. The topological polar surface area (TPSA) is 52.9 Å². The lowest BCUT2D eigenvalue weighted by atomic mass is 10.1. The Morgan fingerprint density at radius 2 is 2.18 bits per heavy atom. The molecule has 0 aliphatic heterocycles. The van der Waals surface area contributed by atoms with Crippen molar-refractivity contribution in [2.75, 3.05) is 0 Å². The Morgan fingerprint density at radius 1 is 1.53 bits per heavy atom. The standard InChI is InChI=1S/C12H12ClFN2O/c1-7(2)11(6-15)16-12(17)8-3-4-10(14)9(13)5-8/h3-5,7,11H,1-2H3,(H,16,17). The molecule has 0 saturated carbocycles. The second-order valence-corrected chi connectivity index (χ2v) is 4.36. The number of carbonyl (C=O) groups is 1. The third kappa shape index (κ3) is 3.43. The Kier molecular flexibility index (Phi) is 4.47. The first-order valence-corrected chi connectivity index (χ1v) is 5.49. The molecule has 0 aliphatic rings. The summed E-state index contributed by atoms with van der Waals surface area (Å²) in [5.74, 6) is -1.02. The maximum Gasteiger partial charge on any atom is 0.252 e. The Balaban J connectivity index is 2.83. The van der Waals surface area contributed by atoms with Gasteiger partial charge in [-0.25, -0.2) is 4.39 Å². The van der Waals surface area contributed by atoms with Crippen LogP contribution in [0.2, 0.25) is 5.02 Å². The predicted molar refractivity (Wildman–Crippen MR) is 63.1 cm³/mol. The van der Waals surface area contributed by atoms with E-state index in [1.807, 2.05) is 19.9 Å². The Hall–Kier alpha value is -1.60. The van der Waals surface area contributed by atoms with E-state index in [1.54, 1.807) is 0 Å². The van der Waals surface area contributed by atoms with Crippen LogP contribution in [0.4, 0.5) is 4.39 Å². The molecule has 0 saturated heterocycles. The van der Waals surface area contributed by atoms with Crippen LogP contribution in [-0.4, -0.2) is 11.9 Å². The van der Waals surface area contributed by atoms with Gasteiger partial charge < -0.3 is 5.32 Å². The first-order valence-electron chi connectivity index (χ1n) is 5.11. The molecular weight excluding hydrogens is 243 g/mol. The summed E-state index contributed by atoms with van der Waals surface area (Å²) in [7, 11) is 0. The summed E-state index contributed by atoms with van der Waals surface area (Å²) < 4.78 is 12.9. The van der Waals surface area contributed by atoms with Crippen LogP contribution in [0, 0.1) is 23.1 Å². The van der Waals surface area contributed by atoms with Crippen molar-refractivity contribution in [3.63, 3.8) is 0 Å². The van der Waals surface area contributed by atoms with Crippen molar-refractivity contribution in [2.45, 2.75) is 19.9 Å².